The van der Waals surface area contributed by atoms with Crippen LogP contribution in [0.15, 0.2) is 18.3 Å². The summed E-state index contributed by atoms with van der Waals surface area (Å²) in [6.45, 7) is 3.54. The quantitative estimate of drug-likeness (QED) is 0.602. The van der Waals surface area contributed by atoms with Gasteiger partial charge in [0.2, 0.25) is 0 Å². The van der Waals surface area contributed by atoms with Crippen LogP contribution in [0.1, 0.15) is 5.69 Å². The summed E-state index contributed by atoms with van der Waals surface area (Å²) in [5.74, 6) is 0. The monoisotopic (exact) mass is 352 g/mol. The first-order valence-corrected chi connectivity index (χ1v) is 6.21. The van der Waals surface area contributed by atoms with Gasteiger partial charge in [-0.15, -0.1) is 0 Å². The molecule has 1 rings (SSSR count). The van der Waals surface area contributed by atoms with E-state index in [1.165, 1.54) is 0 Å². The van der Waals surface area contributed by atoms with Crippen LogP contribution in [0.2, 0.25) is 0 Å². The third-order valence-electron chi connectivity index (χ3n) is 1.22. The van der Waals surface area contributed by atoms with E-state index in [0.29, 0.717) is 6.16 Å². The third kappa shape index (κ3) is 4.85. The van der Waals surface area contributed by atoms with Gasteiger partial charge in [0.25, 0.3) is 0 Å². The van der Waals surface area contributed by atoms with E-state index in [2.05, 4.69) is 11.1 Å². The summed E-state index contributed by atoms with van der Waals surface area (Å²) in [7, 11) is -1.96. The summed E-state index contributed by atoms with van der Waals surface area (Å²) in [5, 5.41) is 0. The van der Waals surface area contributed by atoms with Crippen molar-refractivity contribution >= 4 is 7.14 Å². The van der Waals surface area contributed by atoms with Gasteiger partial charge in [-0.2, -0.15) is 6.07 Å². The van der Waals surface area contributed by atoms with Crippen molar-refractivity contribution in [3.05, 3.63) is 30.1 Å². The predicted octanol–water partition coefficient (Wildman–Crippen LogP) is 2.00. The van der Waals surface area contributed by atoms with Gasteiger partial charge >= 0.3 is 21.1 Å². The molecule has 0 aromatic carbocycles. The number of rotatable bonds is 2. The molecule has 1 heterocycles. The molecular formula is C8H11NOPW+. The first-order valence-electron chi connectivity index (χ1n) is 3.43. The molecule has 64 valence electrons. The molecule has 0 fully saturated rings. The summed E-state index contributed by atoms with van der Waals surface area (Å²) in [6.07, 6.45) is 2.19. The molecule has 0 bridgehead atoms. The molecule has 4 heteroatoms. The fourth-order valence-electron chi connectivity index (χ4n) is 0.834. The molecule has 1 aromatic heterocycles. The summed E-state index contributed by atoms with van der Waals surface area (Å²) < 4.78 is 11.3. The first-order chi connectivity index (χ1) is 5.08. The zero-order chi connectivity index (χ0) is 8.32. The molecule has 0 amide bonds. The Hall–Kier alpha value is 0.0683. The van der Waals surface area contributed by atoms with Gasteiger partial charge < -0.3 is 9.55 Å². The van der Waals surface area contributed by atoms with Crippen LogP contribution in [0, 0.1) is 6.07 Å². The average molecular weight is 352 g/mol. The largest absolute Gasteiger partial charge is 2.00 e. The maximum Gasteiger partial charge on any atom is 2.00 e. The van der Waals surface area contributed by atoms with Crippen LogP contribution in [0.3, 0.4) is 0 Å². The van der Waals surface area contributed by atoms with Crippen LogP contribution in [0.25, 0.3) is 0 Å². The molecule has 1 aromatic rings. The van der Waals surface area contributed by atoms with Crippen molar-refractivity contribution in [2.24, 2.45) is 0 Å². The van der Waals surface area contributed by atoms with E-state index in [9.17, 15) is 4.57 Å². The van der Waals surface area contributed by atoms with Gasteiger partial charge in [0, 0.05) is 6.16 Å². The smallest absolute Gasteiger partial charge is 0.324 e. The molecule has 12 heavy (non-hydrogen) atoms. The maximum absolute atomic E-state index is 11.3. The number of nitrogens with zero attached hydrogens (tertiary/aromatic N) is 1. The zero-order valence-corrected chi connectivity index (χ0v) is 11.0. The molecule has 0 aliphatic carbocycles. The Balaban J connectivity index is 0.00000121. The fourth-order valence-corrected chi connectivity index (χ4v) is 1.80. The minimum atomic E-state index is -1.96. The predicted molar refractivity (Wildman–Crippen MR) is 46.2 cm³/mol. The van der Waals surface area contributed by atoms with Crippen molar-refractivity contribution in [2.45, 2.75) is 6.16 Å². The second-order valence-electron chi connectivity index (χ2n) is 2.98. The van der Waals surface area contributed by atoms with E-state index in [4.69, 9.17) is 0 Å². The summed E-state index contributed by atoms with van der Waals surface area (Å²) in [5.41, 5.74) is 0.886. The molecule has 0 spiro atoms. The summed E-state index contributed by atoms with van der Waals surface area (Å²) >= 11 is 0. The Morgan fingerprint density at radius 3 is 2.67 bits per heavy atom. The summed E-state index contributed by atoms with van der Waals surface area (Å²) in [4.78, 5) is 4.04. The molecule has 0 saturated heterocycles. The van der Waals surface area contributed by atoms with Gasteiger partial charge in [-0.3, -0.25) is 0 Å². The molecular weight excluding hydrogens is 341 g/mol. The Morgan fingerprint density at radius 1 is 1.58 bits per heavy atom. The van der Waals surface area contributed by atoms with E-state index >= 15 is 0 Å². The molecule has 0 unspecified atom stereocenters. The molecule has 0 saturated carbocycles. The van der Waals surface area contributed by atoms with Crippen LogP contribution in [-0.2, 0) is 31.8 Å². The van der Waals surface area contributed by atoms with Crippen LogP contribution < -0.4 is 0 Å². The number of aromatic nitrogens is 1. The minimum absolute atomic E-state index is 0. The van der Waals surface area contributed by atoms with Crippen LogP contribution in [0.5, 0.6) is 0 Å². The van der Waals surface area contributed by atoms with Gasteiger partial charge in [-0.1, -0.05) is 6.20 Å². The van der Waals surface area contributed by atoms with E-state index in [-0.39, 0.29) is 21.1 Å². The Bertz CT molecular complexity index is 270. The van der Waals surface area contributed by atoms with Crippen molar-refractivity contribution in [3.8, 4) is 0 Å². The van der Waals surface area contributed by atoms with Crippen molar-refractivity contribution in [1.29, 1.82) is 0 Å². The second-order valence-corrected chi connectivity index (χ2v) is 6.45. The van der Waals surface area contributed by atoms with E-state index in [1.807, 2.05) is 6.07 Å². The standard InChI is InChI=1S/C8H11NOP.W/c1-11(2,10)7-8-5-3-4-6-9-8;/h3,5-6H,7H2,1-2H3;/q-1;+2. The molecule has 0 radical (unpaired) electrons. The molecule has 0 aliphatic heterocycles. The molecule has 0 atom stereocenters. The second kappa shape index (κ2) is 4.94. The Labute approximate surface area is 87.4 Å². The van der Waals surface area contributed by atoms with Gasteiger partial charge in [-0.25, -0.2) is 12.1 Å². The third-order valence-corrected chi connectivity index (χ3v) is 2.31. The molecule has 0 aliphatic rings. The van der Waals surface area contributed by atoms with Gasteiger partial charge in [0.15, 0.2) is 0 Å². The van der Waals surface area contributed by atoms with Crippen LogP contribution in [-0.4, -0.2) is 18.3 Å². The SMILES string of the molecule is CP(C)(=O)Cc1cc[c-]cn1.[W+2]. The summed E-state index contributed by atoms with van der Waals surface area (Å²) in [6, 6.07) is 6.45. The Morgan fingerprint density at radius 2 is 2.25 bits per heavy atom. The minimum Gasteiger partial charge on any atom is -0.324 e. The number of hydrogen-bond acceptors (Lipinski definition) is 2. The molecule has 0 N–H and O–H groups in total. The zero-order valence-electron chi connectivity index (χ0n) is 7.15. The van der Waals surface area contributed by atoms with Crippen molar-refractivity contribution in [1.82, 2.24) is 4.98 Å². The number of pyridine rings is 1. The van der Waals surface area contributed by atoms with Gasteiger partial charge in [-0.05, 0) is 19.0 Å². The van der Waals surface area contributed by atoms with E-state index < -0.39 is 7.14 Å². The van der Waals surface area contributed by atoms with Crippen LogP contribution in [0.4, 0.5) is 0 Å². The van der Waals surface area contributed by atoms with E-state index in [0.717, 1.165) is 5.69 Å². The fraction of sp³-hybridized carbons (Fsp3) is 0.375. The molecule has 2 nitrogen and oxygen atoms in total. The van der Waals surface area contributed by atoms with E-state index in [1.54, 1.807) is 25.6 Å². The average Bonchev–Trinajstić information content (AvgIpc) is 1.85. The van der Waals surface area contributed by atoms with Crippen molar-refractivity contribution in [2.75, 3.05) is 13.3 Å². The Kier molecular flexibility index (Phi) is 4.97. The first kappa shape index (κ1) is 12.1. The normalized spacial score (nSPS) is 10.5. The van der Waals surface area contributed by atoms with Crippen LogP contribution >= 0.6 is 7.14 Å². The van der Waals surface area contributed by atoms with Gasteiger partial charge in [0.1, 0.15) is 0 Å². The topological polar surface area (TPSA) is 30.0 Å². The van der Waals surface area contributed by atoms with Crippen molar-refractivity contribution < 1.29 is 25.6 Å². The number of hydrogen-bond donors (Lipinski definition) is 0. The maximum atomic E-state index is 11.3. The van der Waals surface area contributed by atoms with Crippen molar-refractivity contribution in [3.63, 3.8) is 0 Å². The van der Waals surface area contributed by atoms with Gasteiger partial charge in [0.05, 0.1) is 7.14 Å².